The van der Waals surface area contributed by atoms with Gasteiger partial charge in [0.2, 0.25) is 0 Å². The minimum atomic E-state index is -3.93. The maximum absolute atomic E-state index is 13.2. The molecule has 1 fully saturated rings. The molecule has 2 bridgehead atoms. The summed E-state index contributed by atoms with van der Waals surface area (Å²) in [6, 6.07) is 12.7. The van der Waals surface area contributed by atoms with Crippen LogP contribution in [-0.2, 0) is 16.6 Å². The Labute approximate surface area is 197 Å². The van der Waals surface area contributed by atoms with Gasteiger partial charge in [0.25, 0.3) is 21.5 Å². The van der Waals surface area contributed by atoms with Gasteiger partial charge < -0.3 is 14.2 Å². The number of likely N-dealkylation sites (tertiary alicyclic amines) is 1. The fourth-order valence-corrected chi connectivity index (χ4v) is 5.88. The molecule has 34 heavy (non-hydrogen) atoms. The number of methoxy groups -OCH3 is 1. The van der Waals surface area contributed by atoms with E-state index >= 15 is 0 Å². The summed E-state index contributed by atoms with van der Waals surface area (Å²) in [6.07, 6.45) is 4.07. The van der Waals surface area contributed by atoms with Gasteiger partial charge in [-0.1, -0.05) is 0 Å². The molecule has 9 nitrogen and oxygen atoms in total. The maximum atomic E-state index is 13.2. The first-order valence-electron chi connectivity index (χ1n) is 11.0. The normalized spacial score (nSPS) is 19.3. The van der Waals surface area contributed by atoms with Crippen LogP contribution in [0, 0.1) is 5.92 Å². The summed E-state index contributed by atoms with van der Waals surface area (Å²) in [5, 5.41) is 0. The van der Waals surface area contributed by atoms with Gasteiger partial charge in [0.15, 0.2) is 0 Å². The Balaban J connectivity index is 1.39. The average Bonchev–Trinajstić information content (AvgIpc) is 2.86. The number of carbonyl (C=O) groups excluding carboxylic acids is 1. The third-order valence-electron chi connectivity index (χ3n) is 6.41. The summed E-state index contributed by atoms with van der Waals surface area (Å²) in [4.78, 5) is 32.0. The number of pyridine rings is 2. The molecule has 1 amide bonds. The van der Waals surface area contributed by atoms with E-state index in [0.29, 0.717) is 30.9 Å². The zero-order valence-electron chi connectivity index (χ0n) is 18.5. The highest BCUT2D eigenvalue weighted by Gasteiger charge is 2.37. The molecule has 2 aromatic heterocycles. The fraction of sp³-hybridized carbons (Fsp3) is 0.292. The predicted molar refractivity (Wildman–Crippen MR) is 125 cm³/mol. The van der Waals surface area contributed by atoms with Crippen LogP contribution < -0.4 is 15.0 Å². The number of nitrogens with one attached hydrogen (secondary N) is 1. The number of nitrogens with zero attached hydrogens (tertiary/aromatic N) is 3. The smallest absolute Gasteiger partial charge is 0.275 e. The summed E-state index contributed by atoms with van der Waals surface area (Å²) in [7, 11) is -2.44. The first-order chi connectivity index (χ1) is 16.4. The van der Waals surface area contributed by atoms with Crippen molar-refractivity contribution in [1.82, 2.24) is 14.5 Å². The summed E-state index contributed by atoms with van der Waals surface area (Å²) in [6.45, 7) is 1.47. The van der Waals surface area contributed by atoms with E-state index in [1.165, 1.54) is 25.3 Å². The highest BCUT2D eigenvalue weighted by molar-refractivity contribution is 7.92. The molecule has 2 aliphatic rings. The lowest BCUT2D eigenvalue weighted by molar-refractivity contribution is 0.0594. The molecule has 4 heterocycles. The van der Waals surface area contributed by atoms with Gasteiger partial charge in [-0.15, -0.1) is 0 Å². The zero-order chi connectivity index (χ0) is 23.9. The van der Waals surface area contributed by atoms with Gasteiger partial charge in [0, 0.05) is 43.6 Å². The molecule has 176 valence electrons. The van der Waals surface area contributed by atoms with E-state index in [-0.39, 0.29) is 33.9 Å². The van der Waals surface area contributed by atoms with Gasteiger partial charge in [-0.25, -0.2) is 8.42 Å². The van der Waals surface area contributed by atoms with Crippen molar-refractivity contribution in [2.75, 3.05) is 24.9 Å². The van der Waals surface area contributed by atoms with Crippen LogP contribution >= 0.6 is 0 Å². The molecule has 1 saturated heterocycles. The van der Waals surface area contributed by atoms with Crippen LogP contribution in [0.4, 0.5) is 5.69 Å². The van der Waals surface area contributed by atoms with Crippen LogP contribution in [0.5, 0.6) is 5.75 Å². The highest BCUT2D eigenvalue weighted by Crippen LogP contribution is 2.36. The zero-order valence-corrected chi connectivity index (χ0v) is 19.4. The summed E-state index contributed by atoms with van der Waals surface area (Å²) < 4.78 is 34.8. The number of carbonyl (C=O) groups is 1. The number of amides is 1. The number of piperidine rings is 1. The Morgan fingerprint density at radius 1 is 1.09 bits per heavy atom. The van der Waals surface area contributed by atoms with Gasteiger partial charge in [-0.2, -0.15) is 0 Å². The van der Waals surface area contributed by atoms with Gasteiger partial charge in [-0.3, -0.25) is 19.3 Å². The number of fused-ring (bicyclic) bond motifs is 4. The van der Waals surface area contributed by atoms with Crippen LogP contribution in [0.15, 0.2) is 70.6 Å². The van der Waals surface area contributed by atoms with E-state index in [1.807, 2.05) is 4.90 Å². The van der Waals surface area contributed by atoms with Crippen LogP contribution in [0.3, 0.4) is 0 Å². The van der Waals surface area contributed by atoms with E-state index in [1.54, 1.807) is 47.3 Å². The molecular weight excluding hydrogens is 456 g/mol. The lowest BCUT2D eigenvalue weighted by Crippen LogP contribution is -2.49. The number of ether oxygens (including phenoxy) is 1. The van der Waals surface area contributed by atoms with Gasteiger partial charge in [-0.05, 0) is 60.9 Å². The van der Waals surface area contributed by atoms with Crippen LogP contribution in [-0.4, -0.2) is 49.0 Å². The van der Waals surface area contributed by atoms with Crippen LogP contribution in [0.25, 0.3) is 0 Å². The number of hydrogen-bond acceptors (Lipinski definition) is 6. The van der Waals surface area contributed by atoms with E-state index in [2.05, 4.69) is 9.71 Å². The Hall–Kier alpha value is -3.66. The van der Waals surface area contributed by atoms with Crippen molar-refractivity contribution in [3.05, 3.63) is 82.5 Å². The van der Waals surface area contributed by atoms with Gasteiger partial charge in [0.05, 0.1) is 17.6 Å². The lowest BCUT2D eigenvalue weighted by Gasteiger charge is -2.42. The topological polar surface area (TPSA) is 111 Å². The Kier molecular flexibility index (Phi) is 5.60. The van der Waals surface area contributed by atoms with E-state index in [4.69, 9.17) is 4.74 Å². The van der Waals surface area contributed by atoms with Crippen molar-refractivity contribution in [1.29, 1.82) is 0 Å². The van der Waals surface area contributed by atoms with Crippen LogP contribution in [0.2, 0.25) is 0 Å². The quantitative estimate of drug-likeness (QED) is 0.600. The number of hydrogen-bond donors (Lipinski definition) is 1. The van der Waals surface area contributed by atoms with Crippen LogP contribution in [0.1, 0.15) is 28.4 Å². The minimum absolute atomic E-state index is 0.00262. The van der Waals surface area contributed by atoms with Gasteiger partial charge >= 0.3 is 0 Å². The standard InChI is InChI=1S/C24H24N4O5S/c1-33-19-4-6-20(7-5-19)34(31,32)26-21-8-9-22-18-11-16(14-28(22)24(21)30)13-27(15-18)23(29)17-3-2-10-25-12-17/h2-10,12,16,18,26H,11,13-15H2,1H3. The lowest BCUT2D eigenvalue weighted by atomic mass is 9.83. The third-order valence-corrected chi connectivity index (χ3v) is 7.80. The molecule has 0 spiro atoms. The molecule has 10 heteroatoms. The Bertz CT molecular complexity index is 1390. The van der Waals surface area contributed by atoms with E-state index in [0.717, 1.165) is 12.1 Å². The molecule has 5 rings (SSSR count). The monoisotopic (exact) mass is 480 g/mol. The number of benzene rings is 1. The van der Waals surface area contributed by atoms with E-state index < -0.39 is 10.0 Å². The highest BCUT2D eigenvalue weighted by atomic mass is 32.2. The number of rotatable bonds is 5. The van der Waals surface area contributed by atoms with Crippen molar-refractivity contribution in [2.24, 2.45) is 5.92 Å². The second kappa shape index (κ2) is 8.60. The second-order valence-corrected chi connectivity index (χ2v) is 10.3. The summed E-state index contributed by atoms with van der Waals surface area (Å²) in [5.41, 5.74) is 0.986. The van der Waals surface area contributed by atoms with Crippen molar-refractivity contribution >= 4 is 21.6 Å². The Morgan fingerprint density at radius 2 is 1.88 bits per heavy atom. The summed E-state index contributed by atoms with van der Waals surface area (Å²) in [5.74, 6) is 0.587. The molecular formula is C24H24N4O5S. The van der Waals surface area contributed by atoms with Crippen molar-refractivity contribution in [3.8, 4) is 5.75 Å². The molecule has 1 N–H and O–H groups in total. The molecule has 2 atom stereocenters. The molecule has 0 saturated carbocycles. The SMILES string of the molecule is COc1ccc(S(=O)(=O)Nc2ccc3n(c2=O)CC2CC3CN(C(=O)c3cccnc3)C2)cc1. The largest absolute Gasteiger partial charge is 0.497 e. The maximum Gasteiger partial charge on any atom is 0.275 e. The third kappa shape index (κ3) is 4.05. The number of anilines is 1. The van der Waals surface area contributed by atoms with Crippen molar-refractivity contribution in [3.63, 3.8) is 0 Å². The van der Waals surface area contributed by atoms with Crippen molar-refractivity contribution < 1.29 is 17.9 Å². The first-order valence-corrected chi connectivity index (χ1v) is 12.4. The average molecular weight is 481 g/mol. The Morgan fingerprint density at radius 3 is 2.59 bits per heavy atom. The molecule has 0 radical (unpaired) electrons. The fourth-order valence-electron chi connectivity index (χ4n) is 4.82. The van der Waals surface area contributed by atoms with E-state index in [9.17, 15) is 18.0 Å². The molecule has 0 aliphatic carbocycles. The molecule has 2 aliphatic heterocycles. The molecule has 1 aromatic carbocycles. The first kappa shape index (κ1) is 22.1. The number of aromatic nitrogens is 2. The summed E-state index contributed by atoms with van der Waals surface area (Å²) >= 11 is 0. The second-order valence-electron chi connectivity index (χ2n) is 8.62. The molecule has 2 unspecified atom stereocenters. The van der Waals surface area contributed by atoms with Crippen molar-refractivity contribution in [2.45, 2.75) is 23.8 Å². The molecule has 3 aromatic rings. The van der Waals surface area contributed by atoms with Gasteiger partial charge in [0.1, 0.15) is 11.4 Å². The predicted octanol–water partition coefficient (Wildman–Crippen LogP) is 2.31. The number of sulfonamides is 1. The minimum Gasteiger partial charge on any atom is -0.497 e.